The first-order valence-corrected chi connectivity index (χ1v) is 32.5. The van der Waals surface area contributed by atoms with Gasteiger partial charge in [0.05, 0.1) is 17.8 Å². The molecule has 71 heavy (non-hydrogen) atoms. The maximum atomic E-state index is 14.0. The molecule has 0 aliphatic rings. The summed E-state index contributed by atoms with van der Waals surface area (Å²) in [5.41, 5.74) is 0. The Labute approximate surface area is 440 Å². The molecule has 0 saturated heterocycles. The third-order valence-corrected chi connectivity index (χ3v) is 15.4. The molecule has 4 atom stereocenters. The molecule has 0 spiro atoms. The van der Waals surface area contributed by atoms with Gasteiger partial charge in [-0.15, -0.1) is 0 Å². The number of hydrogen-bond acceptors (Lipinski definition) is 13. The van der Waals surface area contributed by atoms with Crippen LogP contribution in [0.3, 0.4) is 0 Å². The Morgan fingerprint density at radius 3 is 1.48 bits per heavy atom. The smallest absolute Gasteiger partial charge is 0.306 e. The number of esters is 2. The van der Waals surface area contributed by atoms with Gasteiger partial charge in [-0.2, -0.15) is 20.2 Å². The van der Waals surface area contributed by atoms with Gasteiger partial charge in [-0.05, 0) is 32.2 Å². The maximum absolute atomic E-state index is 14.0. The number of nitrogens with one attached hydrogen (secondary N) is 3. The topological polar surface area (TPSA) is 217 Å². The van der Waals surface area contributed by atoms with Crippen molar-refractivity contribution in [3.63, 3.8) is 0 Å². The van der Waals surface area contributed by atoms with E-state index in [0.29, 0.717) is 19.3 Å². The van der Waals surface area contributed by atoms with E-state index in [2.05, 4.69) is 36.7 Å². The number of rotatable bonds is 55. The molecule has 0 radical (unpaired) electrons. The van der Waals surface area contributed by atoms with Crippen LogP contribution in [0.1, 0.15) is 252 Å². The summed E-state index contributed by atoms with van der Waals surface area (Å²) < 4.78 is 65.7. The summed E-state index contributed by atoms with van der Waals surface area (Å²) in [7, 11) is -4.19. The summed E-state index contributed by atoms with van der Waals surface area (Å²) in [5.74, 6) is -2.06. The fourth-order valence-electron chi connectivity index (χ4n) is 8.46. The molecular weight excluding hydrogens is 963 g/mol. The number of ether oxygens (including phenoxy) is 2. The Morgan fingerprint density at radius 1 is 0.592 bits per heavy atom. The van der Waals surface area contributed by atoms with E-state index < -0.39 is 51.0 Å². The van der Waals surface area contributed by atoms with Crippen molar-refractivity contribution in [3.05, 3.63) is 0 Å². The minimum Gasteiger partial charge on any atom is -0.772 e. The highest BCUT2D eigenvalue weighted by atomic mass is 32.2. The van der Waals surface area contributed by atoms with Crippen LogP contribution in [0.5, 0.6) is 0 Å². The molecule has 0 saturated carbocycles. The predicted octanol–water partition coefficient (Wildman–Crippen LogP) is 11.9. The number of carbonyl (C=O) groups excluding carboxylic acids is 4. The van der Waals surface area contributed by atoms with E-state index >= 15 is 0 Å². The number of thioether (sulfide) groups is 1. The van der Waals surface area contributed by atoms with Gasteiger partial charge in [0.1, 0.15) is 18.5 Å². The van der Waals surface area contributed by atoms with E-state index in [4.69, 9.17) is 9.47 Å². The zero-order chi connectivity index (χ0) is 52.5. The van der Waals surface area contributed by atoms with Crippen molar-refractivity contribution >= 4 is 56.6 Å². The summed E-state index contributed by atoms with van der Waals surface area (Å²) >= 11 is -0.918. The lowest BCUT2D eigenvalue weighted by Crippen LogP contribution is -2.53. The van der Waals surface area contributed by atoms with Gasteiger partial charge in [0.15, 0.2) is 0 Å². The zero-order valence-corrected chi connectivity index (χ0v) is 47.5. The largest absolute Gasteiger partial charge is 0.772 e. The van der Waals surface area contributed by atoms with Gasteiger partial charge in [0.25, 0.3) is 10.1 Å². The highest BCUT2D eigenvalue weighted by Crippen LogP contribution is 2.20. The Hall–Kier alpha value is -1.63. The lowest BCUT2D eigenvalue weighted by atomic mass is 9.99. The molecule has 4 N–H and O–H groups in total. The van der Waals surface area contributed by atoms with E-state index in [9.17, 15) is 40.9 Å². The maximum Gasteiger partial charge on any atom is 0.306 e. The molecule has 0 rings (SSSR count). The third-order valence-electron chi connectivity index (χ3n) is 12.8. The van der Waals surface area contributed by atoms with E-state index in [1.54, 1.807) is 0 Å². The molecule has 0 aliphatic heterocycles. The predicted molar refractivity (Wildman–Crippen MR) is 293 cm³/mol. The van der Waals surface area contributed by atoms with Crippen molar-refractivity contribution in [3.8, 4) is 0 Å². The van der Waals surface area contributed by atoms with Crippen LogP contribution in [0, 0.1) is 5.92 Å². The van der Waals surface area contributed by atoms with Crippen LogP contribution in [-0.4, -0.2) is 107 Å². The average Bonchev–Trinajstić information content (AvgIpc) is 3.32. The Balaban J connectivity index is 5.69. The Morgan fingerprint density at radius 2 is 1.03 bits per heavy atom. The molecule has 4 unspecified atom stereocenters. The molecule has 0 aromatic heterocycles. The number of unbranched alkanes of at least 4 members (excludes halogenated alkanes) is 28. The molecule has 0 fully saturated rings. The number of ketones is 1. The summed E-state index contributed by atoms with van der Waals surface area (Å²) in [6.45, 7) is 6.92. The molecule has 14 nitrogen and oxygen atoms in total. The van der Waals surface area contributed by atoms with Crippen LogP contribution in [0.4, 0.5) is 0 Å². The Kier molecular flexibility index (Phi) is 49.4. The van der Waals surface area contributed by atoms with Crippen molar-refractivity contribution in [1.82, 2.24) is 16.0 Å². The van der Waals surface area contributed by atoms with Gasteiger partial charge in [-0.25, -0.2) is 0 Å². The fraction of sp³-hybridized carbons (Fsp3) is 0.926. The second-order valence-electron chi connectivity index (χ2n) is 19.8. The van der Waals surface area contributed by atoms with Crippen molar-refractivity contribution in [2.24, 2.45) is 5.92 Å². The van der Waals surface area contributed by atoms with Crippen LogP contribution in [0.25, 0.3) is 0 Å². The lowest BCUT2D eigenvalue weighted by Gasteiger charge is -2.25. The lowest BCUT2D eigenvalue weighted by molar-refractivity contribution is -0.157. The zero-order valence-electron chi connectivity index (χ0n) is 45.1. The molecule has 0 heterocycles. The minimum absolute atomic E-state index is 0.00799. The second kappa shape index (κ2) is 50.5. The standard InChI is InChI=1S/C54H105N3O11S3/c1-4-7-10-13-16-19-20-21-22-25-26-29-32-36-49(58)43-48(54(61)57-51(44-55-40-41-70(62)63)56-39-35-42-71(64,65)66)46-69-47-50(68-53(60)38-34-31-28-24-18-15-12-9-6-3)45-67-52(59)37-33-30-27-23-17-14-11-8-5-2/h48,50-51,55-56H,4-47H2,1-3H3,(H,57,61)(H,62,63)(H,64,65,66)/p-1. The minimum atomic E-state index is -4.19. The molecular formula is C54H104N3O11S3-. The molecule has 0 bridgehead atoms. The molecule has 0 aliphatic carbocycles. The summed E-state index contributed by atoms with van der Waals surface area (Å²) in [5, 5.41) is 8.99. The van der Waals surface area contributed by atoms with Crippen LogP contribution >= 0.6 is 11.8 Å². The first-order valence-electron chi connectivity index (χ1n) is 28.5. The fourth-order valence-corrected chi connectivity index (χ4v) is 10.4. The number of carbonyl (C=O) groups is 4. The summed E-state index contributed by atoms with van der Waals surface area (Å²) in [4.78, 5) is 53.5. The monoisotopic (exact) mass is 1070 g/mol. The van der Waals surface area contributed by atoms with E-state index in [-0.39, 0.29) is 80.5 Å². The van der Waals surface area contributed by atoms with E-state index in [0.717, 1.165) is 70.6 Å². The van der Waals surface area contributed by atoms with E-state index in [1.807, 2.05) is 0 Å². The summed E-state index contributed by atoms with van der Waals surface area (Å²) in [6.07, 6.45) is 35.2. The van der Waals surface area contributed by atoms with E-state index in [1.165, 1.54) is 134 Å². The Bertz CT molecular complexity index is 1430. The number of amides is 1. The number of Topliss-reactive ketones (excluding diaryl/α,β-unsaturated/α-hetero) is 1. The van der Waals surface area contributed by atoms with Crippen LogP contribution in [0.2, 0.25) is 0 Å². The highest BCUT2D eigenvalue weighted by Gasteiger charge is 2.26. The van der Waals surface area contributed by atoms with Crippen LogP contribution in [0.15, 0.2) is 0 Å². The normalized spacial score (nSPS) is 13.4. The van der Waals surface area contributed by atoms with Gasteiger partial charge in [0.2, 0.25) is 5.91 Å². The average molecular weight is 1070 g/mol. The second-order valence-corrected chi connectivity index (χ2v) is 23.5. The SMILES string of the molecule is CCCCCCCCCCCCCCCC(=O)CC(CSCC(COC(=O)CCCCCCCCCCC)OC(=O)CCCCCCCCCCC)C(=O)NC(CNCCS(=O)[O-])NCCCS(=O)(=O)O. The number of hydrogen-bond donors (Lipinski definition) is 4. The quantitative estimate of drug-likeness (QED) is 0.0147. The van der Waals surface area contributed by atoms with Crippen molar-refractivity contribution in [2.45, 2.75) is 264 Å². The third kappa shape index (κ3) is 50.3. The highest BCUT2D eigenvalue weighted by molar-refractivity contribution is 7.99. The first-order chi connectivity index (χ1) is 34.3. The van der Waals surface area contributed by atoms with Crippen LogP contribution < -0.4 is 16.0 Å². The van der Waals surface area contributed by atoms with Gasteiger partial charge in [0, 0.05) is 56.0 Å². The van der Waals surface area contributed by atoms with Gasteiger partial charge in [-0.1, -0.05) is 212 Å². The molecule has 1 amide bonds. The summed E-state index contributed by atoms with van der Waals surface area (Å²) in [6, 6.07) is 0. The molecule has 420 valence electrons. The van der Waals surface area contributed by atoms with Crippen molar-refractivity contribution in [1.29, 1.82) is 0 Å². The van der Waals surface area contributed by atoms with Gasteiger partial charge >= 0.3 is 11.9 Å². The first kappa shape index (κ1) is 69.4. The van der Waals surface area contributed by atoms with Gasteiger partial charge in [-0.3, -0.25) is 33.3 Å². The van der Waals surface area contributed by atoms with Gasteiger partial charge < -0.3 is 24.7 Å². The molecule has 0 aromatic rings. The van der Waals surface area contributed by atoms with Crippen molar-refractivity contribution in [2.75, 3.05) is 49.3 Å². The van der Waals surface area contributed by atoms with Crippen molar-refractivity contribution < 1.29 is 50.4 Å². The molecule has 17 heteroatoms. The molecule has 0 aromatic carbocycles. The van der Waals surface area contributed by atoms with Crippen LogP contribution in [-0.2, 0) is 49.9 Å².